The lowest BCUT2D eigenvalue weighted by molar-refractivity contribution is -0.149. The second-order valence-corrected chi connectivity index (χ2v) is 13.6. The topological polar surface area (TPSA) is 192 Å². The number of hydrogen-bond donors (Lipinski definition) is 2. The Balaban J connectivity index is 1.79. The summed E-state index contributed by atoms with van der Waals surface area (Å²) in [5, 5.41) is 13.5. The molecule has 6 atom stereocenters. The van der Waals surface area contributed by atoms with Gasteiger partial charge in [0.1, 0.15) is 30.9 Å². The molecular formula is C27H41N3O13P2. The van der Waals surface area contributed by atoms with E-state index in [0.717, 1.165) is 10.6 Å². The summed E-state index contributed by atoms with van der Waals surface area (Å²) < 4.78 is 65.9. The highest BCUT2D eigenvalue weighted by Crippen LogP contribution is 2.49. The van der Waals surface area contributed by atoms with Crippen LogP contribution in [0.1, 0.15) is 47.8 Å². The van der Waals surface area contributed by atoms with Crippen molar-refractivity contribution in [2.75, 3.05) is 19.8 Å². The number of phosphoric ester groups is 1. The smallest absolute Gasteiger partial charge is 0.462 e. The summed E-state index contributed by atoms with van der Waals surface area (Å²) in [5.74, 6) is -1.22. The zero-order chi connectivity index (χ0) is 33.4. The lowest BCUT2D eigenvalue weighted by atomic mass is 10.0. The average molecular weight is 678 g/mol. The number of nitrogens with one attached hydrogen (secondary N) is 1. The van der Waals surface area contributed by atoms with Crippen molar-refractivity contribution in [1.29, 1.82) is 0 Å². The first kappa shape index (κ1) is 36.8. The standard InChI is InChI=1S/C27H41N3O13P2/c1-7-37-45(36,38-8-2)40-17-30-23(31)14-15-29(27(30)34)25-19(5)24(32)22(42-25)16-39-44(35,43-21-12-10-9-11-13-21)28-20(6)26(33)41-18(3)4/h9-15,18-20,22,24-25,32H,7-8,16-17H2,1-6H3,(H,28,35)/t19-,20-,22+,24-,25+,44?/m0/s1. The minimum Gasteiger partial charge on any atom is -0.462 e. The molecule has 1 aromatic carbocycles. The molecule has 0 bridgehead atoms. The Morgan fingerprint density at radius 1 is 1.02 bits per heavy atom. The van der Waals surface area contributed by atoms with E-state index in [1.807, 2.05) is 0 Å². The van der Waals surface area contributed by atoms with Gasteiger partial charge in [0.15, 0.2) is 0 Å². The Morgan fingerprint density at radius 3 is 2.27 bits per heavy atom. The van der Waals surface area contributed by atoms with Gasteiger partial charge in [-0.2, -0.15) is 5.09 Å². The summed E-state index contributed by atoms with van der Waals surface area (Å²) in [6.45, 7) is 8.30. The first-order chi connectivity index (χ1) is 21.2. The van der Waals surface area contributed by atoms with Gasteiger partial charge in [0.25, 0.3) is 5.56 Å². The number of aliphatic hydroxyl groups excluding tert-OH is 1. The van der Waals surface area contributed by atoms with Crippen molar-refractivity contribution in [3.63, 3.8) is 0 Å². The van der Waals surface area contributed by atoms with Gasteiger partial charge in [0, 0.05) is 18.2 Å². The fourth-order valence-electron chi connectivity index (χ4n) is 4.25. The van der Waals surface area contributed by atoms with Crippen LogP contribution >= 0.6 is 15.6 Å². The summed E-state index contributed by atoms with van der Waals surface area (Å²) >= 11 is 0. The zero-order valence-corrected chi connectivity index (χ0v) is 27.8. The molecule has 0 spiro atoms. The fourth-order valence-corrected chi connectivity index (χ4v) is 6.87. The number of para-hydroxylation sites is 1. The molecule has 45 heavy (non-hydrogen) atoms. The molecule has 1 aliphatic rings. The van der Waals surface area contributed by atoms with Gasteiger partial charge in [0.05, 0.1) is 32.0 Å². The number of carbonyl (C=O) groups is 1. The summed E-state index contributed by atoms with van der Waals surface area (Å²) in [7, 11) is -8.31. The van der Waals surface area contributed by atoms with Crippen LogP contribution in [0.15, 0.2) is 52.2 Å². The molecule has 1 unspecified atom stereocenters. The number of aliphatic hydroxyl groups is 1. The maximum atomic E-state index is 13.8. The Bertz CT molecular complexity index is 1470. The van der Waals surface area contributed by atoms with Crippen LogP contribution < -0.4 is 20.9 Å². The molecule has 16 nitrogen and oxygen atoms in total. The molecular weight excluding hydrogens is 636 g/mol. The lowest BCUT2D eigenvalue weighted by Crippen LogP contribution is -2.42. The van der Waals surface area contributed by atoms with Gasteiger partial charge in [-0.1, -0.05) is 25.1 Å². The van der Waals surface area contributed by atoms with E-state index in [1.54, 1.807) is 65.0 Å². The van der Waals surface area contributed by atoms with Crippen molar-refractivity contribution < 1.29 is 51.1 Å². The third-order valence-electron chi connectivity index (χ3n) is 6.41. The molecule has 1 saturated heterocycles. The summed E-state index contributed by atoms with van der Waals surface area (Å²) in [6, 6.07) is 8.10. The number of phosphoric acid groups is 1. The van der Waals surface area contributed by atoms with Crippen LogP contribution in [0.25, 0.3) is 0 Å². The Morgan fingerprint density at radius 2 is 1.67 bits per heavy atom. The molecule has 0 saturated carbocycles. The van der Waals surface area contributed by atoms with E-state index < -0.39 is 82.6 Å². The molecule has 1 aromatic heterocycles. The van der Waals surface area contributed by atoms with Crippen molar-refractivity contribution in [2.45, 2.75) is 78.9 Å². The maximum Gasteiger partial charge on any atom is 0.476 e. The normalized spacial score (nSPS) is 22.2. The molecule has 2 N–H and O–H groups in total. The fraction of sp³-hybridized carbons (Fsp3) is 0.593. The monoisotopic (exact) mass is 677 g/mol. The predicted octanol–water partition coefficient (Wildman–Crippen LogP) is 3.19. The van der Waals surface area contributed by atoms with Crippen LogP contribution in [0.3, 0.4) is 0 Å². The van der Waals surface area contributed by atoms with E-state index >= 15 is 0 Å². The Hall–Kier alpha value is -2.65. The zero-order valence-electron chi connectivity index (χ0n) is 26.0. The van der Waals surface area contributed by atoms with Crippen LogP contribution in [-0.2, 0) is 48.2 Å². The molecule has 0 amide bonds. The maximum absolute atomic E-state index is 13.8. The van der Waals surface area contributed by atoms with Gasteiger partial charge in [-0.25, -0.2) is 18.5 Å². The number of esters is 1. The van der Waals surface area contributed by atoms with Gasteiger partial charge >= 0.3 is 27.2 Å². The molecule has 1 aliphatic heterocycles. The molecule has 0 aliphatic carbocycles. The molecule has 3 rings (SSSR count). The van der Waals surface area contributed by atoms with Gasteiger partial charge in [-0.15, -0.1) is 0 Å². The Labute approximate surface area is 260 Å². The number of rotatable bonds is 17. The second kappa shape index (κ2) is 16.3. The SMILES string of the molecule is CCOP(=O)(OCC)OCn1c(=O)ccn([C@@H]2O[C@H](COP(=O)(N[C@@H](C)C(=O)OC(C)C)Oc3ccccc3)[C@@H](O)[C@@H]2C)c1=O. The largest absolute Gasteiger partial charge is 0.476 e. The van der Waals surface area contributed by atoms with Gasteiger partial charge in [-0.05, 0) is 46.8 Å². The summed E-state index contributed by atoms with van der Waals surface area (Å²) in [5.41, 5.74) is -1.64. The highest BCUT2D eigenvalue weighted by atomic mass is 31.2. The van der Waals surface area contributed by atoms with Crippen LogP contribution in [0, 0.1) is 5.92 Å². The molecule has 2 aromatic rings. The van der Waals surface area contributed by atoms with Crippen LogP contribution in [0.5, 0.6) is 5.75 Å². The van der Waals surface area contributed by atoms with E-state index in [2.05, 4.69) is 5.09 Å². The van der Waals surface area contributed by atoms with Gasteiger partial charge < -0.3 is 19.1 Å². The van der Waals surface area contributed by atoms with E-state index in [0.29, 0.717) is 4.57 Å². The number of nitrogens with zero attached hydrogens (tertiary/aromatic N) is 2. The van der Waals surface area contributed by atoms with Crippen molar-refractivity contribution in [2.24, 2.45) is 5.92 Å². The third-order valence-corrected chi connectivity index (χ3v) is 9.63. The molecule has 0 radical (unpaired) electrons. The first-order valence-corrected chi connectivity index (χ1v) is 17.4. The summed E-state index contributed by atoms with van der Waals surface area (Å²) in [4.78, 5) is 38.2. The number of carbonyl (C=O) groups excluding carboxylic acids is 1. The Kier molecular flexibility index (Phi) is 13.3. The van der Waals surface area contributed by atoms with Crippen molar-refractivity contribution >= 4 is 21.5 Å². The van der Waals surface area contributed by atoms with E-state index in [-0.39, 0.29) is 19.0 Å². The quantitative estimate of drug-likeness (QED) is 0.183. The second-order valence-electron chi connectivity index (χ2n) is 10.3. The molecule has 252 valence electrons. The minimum absolute atomic E-state index is 0.000240. The van der Waals surface area contributed by atoms with Gasteiger partial charge in [0.2, 0.25) is 0 Å². The highest BCUT2D eigenvalue weighted by molar-refractivity contribution is 7.52. The van der Waals surface area contributed by atoms with Crippen molar-refractivity contribution in [3.8, 4) is 5.75 Å². The van der Waals surface area contributed by atoms with E-state index in [1.165, 1.54) is 13.1 Å². The number of aromatic nitrogens is 2. The van der Waals surface area contributed by atoms with Crippen molar-refractivity contribution in [1.82, 2.24) is 14.2 Å². The number of ether oxygens (including phenoxy) is 2. The highest BCUT2D eigenvalue weighted by Gasteiger charge is 2.44. The van der Waals surface area contributed by atoms with Crippen LogP contribution in [0.2, 0.25) is 0 Å². The first-order valence-electron chi connectivity index (χ1n) is 14.4. The third kappa shape index (κ3) is 9.92. The molecule has 2 heterocycles. The van der Waals surface area contributed by atoms with Crippen LogP contribution in [0.4, 0.5) is 0 Å². The molecule has 1 fully saturated rings. The van der Waals surface area contributed by atoms with E-state index in [4.69, 9.17) is 32.1 Å². The van der Waals surface area contributed by atoms with Crippen LogP contribution in [-0.4, -0.2) is 64.4 Å². The average Bonchev–Trinajstić information content (AvgIpc) is 3.25. The van der Waals surface area contributed by atoms with Crippen molar-refractivity contribution in [3.05, 3.63) is 63.4 Å². The predicted molar refractivity (Wildman–Crippen MR) is 160 cm³/mol. The van der Waals surface area contributed by atoms with E-state index in [9.17, 15) is 28.6 Å². The number of benzene rings is 1. The molecule has 18 heteroatoms. The minimum atomic E-state index is -4.27. The number of hydrogen-bond acceptors (Lipinski definition) is 13. The lowest BCUT2D eigenvalue weighted by Gasteiger charge is -2.25. The van der Waals surface area contributed by atoms with Gasteiger partial charge in [-0.3, -0.25) is 32.3 Å². The summed E-state index contributed by atoms with van der Waals surface area (Å²) in [6.07, 6.45) is -2.66.